The maximum Gasteiger partial charge on any atom is 0.270 e. The number of nitrogens with one attached hydrogen (secondary N) is 1. The molecule has 0 aliphatic carbocycles. The van der Waals surface area contributed by atoms with Gasteiger partial charge in [0.2, 0.25) is 5.95 Å². The number of hydrogen-bond acceptors (Lipinski definition) is 4. The zero-order valence-corrected chi connectivity index (χ0v) is 9.07. The Bertz CT molecular complexity index is 356. The Morgan fingerprint density at radius 3 is 2.75 bits per heavy atom. The van der Waals surface area contributed by atoms with E-state index in [0.29, 0.717) is 0 Å². The van der Waals surface area contributed by atoms with Crippen LogP contribution >= 0.6 is 0 Å². The van der Waals surface area contributed by atoms with Gasteiger partial charge >= 0.3 is 0 Å². The molecule has 5 nitrogen and oxygen atoms in total. The maximum atomic E-state index is 12.7. The fraction of sp³-hybridized carbons (Fsp3) is 0.400. The molecule has 16 heavy (non-hydrogen) atoms. The van der Waals surface area contributed by atoms with Crippen LogP contribution in [0.25, 0.3) is 0 Å². The third-order valence-corrected chi connectivity index (χ3v) is 1.90. The zero-order chi connectivity index (χ0) is 12.0. The van der Waals surface area contributed by atoms with Crippen molar-refractivity contribution in [2.75, 3.05) is 20.8 Å². The van der Waals surface area contributed by atoms with Crippen molar-refractivity contribution >= 4 is 5.91 Å². The van der Waals surface area contributed by atoms with E-state index >= 15 is 0 Å². The highest BCUT2D eigenvalue weighted by Crippen LogP contribution is 1.98. The molecule has 0 saturated carbocycles. The Balaban J connectivity index is 2.52. The van der Waals surface area contributed by atoms with Crippen molar-refractivity contribution in [1.82, 2.24) is 10.3 Å². The molecule has 0 unspecified atom stereocenters. The zero-order valence-electron chi connectivity index (χ0n) is 9.07. The monoisotopic (exact) mass is 228 g/mol. The van der Waals surface area contributed by atoms with Crippen LogP contribution in [0.15, 0.2) is 18.2 Å². The summed E-state index contributed by atoms with van der Waals surface area (Å²) in [6, 6.07) is 4.01. The summed E-state index contributed by atoms with van der Waals surface area (Å²) in [6.07, 6.45) is -0.530. The minimum atomic E-state index is -0.692. The Morgan fingerprint density at radius 1 is 1.50 bits per heavy atom. The summed E-state index contributed by atoms with van der Waals surface area (Å²) in [6.45, 7) is 0.171. The fourth-order valence-electron chi connectivity index (χ4n) is 1.06. The molecular weight excluding hydrogens is 215 g/mol. The average molecular weight is 228 g/mol. The second-order valence-electron chi connectivity index (χ2n) is 2.96. The molecule has 0 bridgehead atoms. The molecule has 1 aromatic rings. The molecule has 0 atom stereocenters. The minimum Gasteiger partial charge on any atom is -0.354 e. The molecule has 0 radical (unpaired) electrons. The molecule has 1 aromatic heterocycles. The Hall–Kier alpha value is -1.53. The maximum absolute atomic E-state index is 12.7. The summed E-state index contributed by atoms with van der Waals surface area (Å²) in [5, 5.41) is 2.51. The van der Waals surface area contributed by atoms with E-state index in [4.69, 9.17) is 9.47 Å². The summed E-state index contributed by atoms with van der Waals surface area (Å²) >= 11 is 0. The van der Waals surface area contributed by atoms with Crippen molar-refractivity contribution in [2.45, 2.75) is 6.29 Å². The predicted molar refractivity (Wildman–Crippen MR) is 54.3 cm³/mol. The topological polar surface area (TPSA) is 60.5 Å². The van der Waals surface area contributed by atoms with Crippen LogP contribution in [-0.4, -0.2) is 37.9 Å². The smallest absolute Gasteiger partial charge is 0.270 e. The van der Waals surface area contributed by atoms with Gasteiger partial charge in [-0.1, -0.05) is 6.07 Å². The first-order valence-electron chi connectivity index (χ1n) is 4.63. The van der Waals surface area contributed by atoms with Crippen LogP contribution < -0.4 is 5.32 Å². The molecule has 0 aliphatic heterocycles. The molecule has 0 aliphatic rings. The van der Waals surface area contributed by atoms with Crippen LogP contribution in [0.2, 0.25) is 0 Å². The summed E-state index contributed by atoms with van der Waals surface area (Å²) < 4.78 is 22.5. The highest BCUT2D eigenvalue weighted by Gasteiger charge is 2.11. The molecule has 0 saturated heterocycles. The van der Waals surface area contributed by atoms with Gasteiger partial charge in [0, 0.05) is 14.2 Å². The fourth-order valence-corrected chi connectivity index (χ4v) is 1.06. The highest BCUT2D eigenvalue weighted by atomic mass is 19.1. The number of methoxy groups -OCH3 is 2. The predicted octanol–water partition coefficient (Wildman–Crippen LogP) is 0.569. The van der Waals surface area contributed by atoms with Crippen LogP contribution in [0.3, 0.4) is 0 Å². The van der Waals surface area contributed by atoms with Gasteiger partial charge in [-0.3, -0.25) is 4.79 Å². The number of aromatic nitrogens is 1. The summed E-state index contributed by atoms with van der Waals surface area (Å²) in [5.41, 5.74) is 0.0194. The molecule has 1 heterocycles. The molecule has 0 spiro atoms. The highest BCUT2D eigenvalue weighted by molar-refractivity contribution is 5.92. The molecule has 1 N–H and O–H groups in total. The quantitative estimate of drug-likeness (QED) is 0.591. The molecule has 1 rings (SSSR count). The standard InChI is InChI=1S/C10H13FN2O3/c1-15-9(16-2)6-12-10(14)7-4-3-5-8(11)13-7/h3-5,9H,6H2,1-2H3,(H,12,14). The van der Waals surface area contributed by atoms with Gasteiger partial charge in [-0.15, -0.1) is 0 Å². The molecular formula is C10H13FN2O3. The Morgan fingerprint density at radius 2 is 2.19 bits per heavy atom. The largest absolute Gasteiger partial charge is 0.354 e. The van der Waals surface area contributed by atoms with E-state index in [0.717, 1.165) is 0 Å². The van der Waals surface area contributed by atoms with Gasteiger partial charge in [0.15, 0.2) is 6.29 Å². The lowest BCUT2D eigenvalue weighted by Gasteiger charge is -2.13. The molecule has 0 aromatic carbocycles. The third-order valence-electron chi connectivity index (χ3n) is 1.90. The minimum absolute atomic E-state index is 0.0194. The summed E-state index contributed by atoms with van der Waals surface area (Å²) in [5.74, 6) is -1.17. The summed E-state index contributed by atoms with van der Waals surface area (Å²) in [4.78, 5) is 14.9. The summed E-state index contributed by atoms with van der Waals surface area (Å²) in [7, 11) is 2.92. The van der Waals surface area contributed by atoms with Crippen LogP contribution in [0.4, 0.5) is 4.39 Å². The number of pyridine rings is 1. The van der Waals surface area contributed by atoms with Crippen molar-refractivity contribution in [1.29, 1.82) is 0 Å². The number of rotatable bonds is 5. The Labute approximate surface area is 92.6 Å². The van der Waals surface area contributed by atoms with Gasteiger partial charge in [0.05, 0.1) is 6.54 Å². The Kier molecular flexibility index (Phi) is 4.81. The number of halogens is 1. The lowest BCUT2D eigenvalue weighted by atomic mass is 10.3. The second-order valence-corrected chi connectivity index (χ2v) is 2.96. The average Bonchev–Trinajstić information content (AvgIpc) is 2.30. The van der Waals surface area contributed by atoms with E-state index in [9.17, 15) is 9.18 Å². The normalized spacial score (nSPS) is 10.5. The first-order chi connectivity index (χ1) is 7.67. The van der Waals surface area contributed by atoms with Crippen molar-refractivity contribution in [3.63, 3.8) is 0 Å². The lowest BCUT2D eigenvalue weighted by molar-refractivity contribution is -0.0974. The van der Waals surface area contributed by atoms with Gasteiger partial charge in [0.1, 0.15) is 5.69 Å². The van der Waals surface area contributed by atoms with Crippen LogP contribution in [0.1, 0.15) is 10.5 Å². The number of nitrogens with zero attached hydrogens (tertiary/aromatic N) is 1. The first-order valence-corrected chi connectivity index (χ1v) is 4.63. The SMILES string of the molecule is COC(CNC(=O)c1cccc(F)n1)OC. The van der Waals surface area contributed by atoms with Crippen molar-refractivity contribution in [3.05, 3.63) is 29.8 Å². The van der Waals surface area contributed by atoms with E-state index < -0.39 is 18.1 Å². The van der Waals surface area contributed by atoms with Crippen LogP contribution in [0, 0.1) is 5.95 Å². The number of hydrogen-bond donors (Lipinski definition) is 1. The third kappa shape index (κ3) is 3.56. The lowest BCUT2D eigenvalue weighted by Crippen LogP contribution is -2.34. The van der Waals surface area contributed by atoms with E-state index in [2.05, 4.69) is 10.3 Å². The van der Waals surface area contributed by atoms with E-state index in [1.165, 1.54) is 32.4 Å². The van der Waals surface area contributed by atoms with Gasteiger partial charge in [-0.2, -0.15) is 4.39 Å². The van der Waals surface area contributed by atoms with E-state index in [-0.39, 0.29) is 12.2 Å². The number of amides is 1. The number of carbonyl (C=O) groups is 1. The molecule has 88 valence electrons. The molecule has 1 amide bonds. The van der Waals surface area contributed by atoms with Gasteiger partial charge in [-0.05, 0) is 12.1 Å². The van der Waals surface area contributed by atoms with E-state index in [1.54, 1.807) is 0 Å². The second kappa shape index (κ2) is 6.14. The van der Waals surface area contributed by atoms with Crippen molar-refractivity contribution < 1.29 is 18.7 Å². The van der Waals surface area contributed by atoms with Crippen molar-refractivity contribution in [3.8, 4) is 0 Å². The number of ether oxygens (including phenoxy) is 2. The van der Waals surface area contributed by atoms with Gasteiger partial charge < -0.3 is 14.8 Å². The van der Waals surface area contributed by atoms with Gasteiger partial charge in [0.25, 0.3) is 5.91 Å². The van der Waals surface area contributed by atoms with Crippen LogP contribution in [-0.2, 0) is 9.47 Å². The molecule has 6 heteroatoms. The van der Waals surface area contributed by atoms with E-state index in [1.807, 2.05) is 0 Å². The van der Waals surface area contributed by atoms with Crippen LogP contribution in [0.5, 0.6) is 0 Å². The molecule has 0 fully saturated rings. The van der Waals surface area contributed by atoms with Gasteiger partial charge in [-0.25, -0.2) is 4.98 Å². The number of carbonyl (C=O) groups excluding carboxylic acids is 1. The van der Waals surface area contributed by atoms with Crippen molar-refractivity contribution in [2.24, 2.45) is 0 Å². The first kappa shape index (κ1) is 12.5.